The SMILES string of the molecule is CC(N)(C(=O)N1CCc2ccccc2C1)c1ccccc1.Cl. The summed E-state index contributed by atoms with van der Waals surface area (Å²) in [4.78, 5) is 14.7. The van der Waals surface area contributed by atoms with Crippen molar-refractivity contribution in [1.29, 1.82) is 0 Å². The molecular formula is C18H21ClN2O. The van der Waals surface area contributed by atoms with Crippen molar-refractivity contribution >= 4 is 18.3 Å². The van der Waals surface area contributed by atoms with Crippen molar-refractivity contribution in [3.05, 3.63) is 71.3 Å². The zero-order valence-electron chi connectivity index (χ0n) is 12.7. The van der Waals surface area contributed by atoms with Gasteiger partial charge in [-0.15, -0.1) is 12.4 Å². The molecule has 22 heavy (non-hydrogen) atoms. The summed E-state index contributed by atoms with van der Waals surface area (Å²) in [7, 11) is 0. The molecule has 0 saturated heterocycles. The molecule has 0 fully saturated rings. The van der Waals surface area contributed by atoms with Crippen LogP contribution in [0.25, 0.3) is 0 Å². The third-order valence-corrected chi connectivity index (χ3v) is 4.24. The van der Waals surface area contributed by atoms with Crippen molar-refractivity contribution < 1.29 is 4.79 Å². The van der Waals surface area contributed by atoms with E-state index < -0.39 is 5.54 Å². The number of nitrogens with two attached hydrogens (primary N) is 1. The van der Waals surface area contributed by atoms with Crippen molar-refractivity contribution in [3.8, 4) is 0 Å². The van der Waals surface area contributed by atoms with Crippen LogP contribution in [-0.2, 0) is 23.3 Å². The van der Waals surface area contributed by atoms with E-state index in [0.717, 1.165) is 18.5 Å². The average molecular weight is 317 g/mol. The van der Waals surface area contributed by atoms with Crippen LogP contribution in [0, 0.1) is 0 Å². The Kier molecular flexibility index (Phi) is 4.89. The van der Waals surface area contributed by atoms with Gasteiger partial charge in [-0.3, -0.25) is 4.79 Å². The van der Waals surface area contributed by atoms with E-state index in [4.69, 9.17) is 5.73 Å². The minimum Gasteiger partial charge on any atom is -0.336 e. The van der Waals surface area contributed by atoms with Gasteiger partial charge in [0.15, 0.2) is 0 Å². The summed E-state index contributed by atoms with van der Waals surface area (Å²) >= 11 is 0. The van der Waals surface area contributed by atoms with Crippen LogP contribution in [0.1, 0.15) is 23.6 Å². The number of carbonyl (C=O) groups is 1. The zero-order valence-corrected chi connectivity index (χ0v) is 13.5. The van der Waals surface area contributed by atoms with Gasteiger partial charge < -0.3 is 10.6 Å². The Hall–Kier alpha value is -1.84. The van der Waals surface area contributed by atoms with Gasteiger partial charge in [0.05, 0.1) is 0 Å². The lowest BCUT2D eigenvalue weighted by molar-refractivity contribution is -0.137. The lowest BCUT2D eigenvalue weighted by atomic mass is 9.90. The minimum absolute atomic E-state index is 0. The van der Waals surface area contributed by atoms with Crippen molar-refractivity contribution in [2.75, 3.05) is 6.54 Å². The first-order chi connectivity index (χ1) is 10.1. The second kappa shape index (κ2) is 6.51. The highest BCUT2D eigenvalue weighted by molar-refractivity contribution is 5.87. The summed E-state index contributed by atoms with van der Waals surface area (Å²) < 4.78 is 0. The smallest absolute Gasteiger partial charge is 0.247 e. The molecule has 1 aliphatic rings. The van der Waals surface area contributed by atoms with Crippen LogP contribution in [0.4, 0.5) is 0 Å². The predicted molar refractivity (Wildman–Crippen MR) is 90.8 cm³/mol. The second-order valence-electron chi connectivity index (χ2n) is 5.81. The summed E-state index contributed by atoms with van der Waals surface area (Å²) in [6, 6.07) is 17.9. The largest absolute Gasteiger partial charge is 0.336 e. The van der Waals surface area contributed by atoms with Gasteiger partial charge in [0.1, 0.15) is 5.54 Å². The Bertz CT molecular complexity index is 655. The molecule has 0 aromatic heterocycles. The van der Waals surface area contributed by atoms with Crippen LogP contribution < -0.4 is 5.73 Å². The van der Waals surface area contributed by atoms with E-state index in [1.54, 1.807) is 6.92 Å². The van der Waals surface area contributed by atoms with Gasteiger partial charge in [-0.2, -0.15) is 0 Å². The lowest BCUT2D eigenvalue weighted by Gasteiger charge is -2.35. The maximum atomic E-state index is 12.8. The molecule has 2 aromatic carbocycles. The fraction of sp³-hybridized carbons (Fsp3) is 0.278. The molecule has 0 spiro atoms. The molecule has 1 heterocycles. The molecule has 2 aromatic rings. The number of amides is 1. The van der Waals surface area contributed by atoms with E-state index >= 15 is 0 Å². The Labute approximate surface area is 137 Å². The van der Waals surface area contributed by atoms with Crippen LogP contribution in [0.15, 0.2) is 54.6 Å². The third-order valence-electron chi connectivity index (χ3n) is 4.24. The Balaban J connectivity index is 0.00000176. The Morgan fingerprint density at radius 1 is 1.05 bits per heavy atom. The number of hydrogen-bond acceptors (Lipinski definition) is 2. The molecule has 4 heteroatoms. The van der Waals surface area contributed by atoms with Crippen molar-refractivity contribution in [2.24, 2.45) is 5.73 Å². The second-order valence-corrected chi connectivity index (χ2v) is 5.81. The highest BCUT2D eigenvalue weighted by Crippen LogP contribution is 2.25. The highest BCUT2D eigenvalue weighted by Gasteiger charge is 2.35. The molecule has 1 atom stereocenters. The van der Waals surface area contributed by atoms with Crippen LogP contribution >= 0.6 is 12.4 Å². The summed E-state index contributed by atoms with van der Waals surface area (Å²) in [5.41, 5.74) is 8.77. The fourth-order valence-corrected chi connectivity index (χ4v) is 2.91. The molecule has 1 amide bonds. The molecule has 3 rings (SSSR count). The van der Waals surface area contributed by atoms with Gasteiger partial charge in [0, 0.05) is 13.1 Å². The lowest BCUT2D eigenvalue weighted by Crippen LogP contribution is -2.52. The molecule has 2 N–H and O–H groups in total. The summed E-state index contributed by atoms with van der Waals surface area (Å²) in [6.07, 6.45) is 0.896. The molecule has 0 saturated carbocycles. The van der Waals surface area contributed by atoms with Gasteiger partial charge in [0.25, 0.3) is 0 Å². The van der Waals surface area contributed by atoms with Gasteiger partial charge in [-0.25, -0.2) is 0 Å². The van der Waals surface area contributed by atoms with Crippen molar-refractivity contribution in [2.45, 2.75) is 25.4 Å². The summed E-state index contributed by atoms with van der Waals surface area (Å²) in [6.45, 7) is 3.18. The molecular weight excluding hydrogens is 296 g/mol. The molecule has 1 aliphatic heterocycles. The standard InChI is InChI=1S/C18H20N2O.ClH/c1-18(19,16-9-3-2-4-10-16)17(21)20-12-11-14-7-5-6-8-15(14)13-20;/h2-10H,11-13,19H2,1H3;1H. The maximum absolute atomic E-state index is 12.8. The highest BCUT2D eigenvalue weighted by atomic mass is 35.5. The number of halogens is 1. The minimum atomic E-state index is -0.979. The first-order valence-electron chi connectivity index (χ1n) is 7.29. The Morgan fingerprint density at radius 2 is 1.64 bits per heavy atom. The monoisotopic (exact) mass is 316 g/mol. The van der Waals surface area contributed by atoms with E-state index in [1.165, 1.54) is 11.1 Å². The summed E-state index contributed by atoms with van der Waals surface area (Å²) in [5.74, 6) is -0.0109. The number of rotatable bonds is 2. The fourth-order valence-electron chi connectivity index (χ4n) is 2.91. The van der Waals surface area contributed by atoms with Gasteiger partial charge in [-0.1, -0.05) is 54.6 Å². The van der Waals surface area contributed by atoms with Crippen LogP contribution in [0.3, 0.4) is 0 Å². The first-order valence-corrected chi connectivity index (χ1v) is 7.29. The molecule has 0 aliphatic carbocycles. The van der Waals surface area contributed by atoms with Crippen molar-refractivity contribution in [1.82, 2.24) is 4.90 Å². The van der Waals surface area contributed by atoms with E-state index in [9.17, 15) is 4.79 Å². The Morgan fingerprint density at radius 3 is 2.32 bits per heavy atom. The molecule has 1 unspecified atom stereocenters. The molecule has 116 valence electrons. The third kappa shape index (κ3) is 3.01. The first kappa shape index (κ1) is 16.5. The number of hydrogen-bond donors (Lipinski definition) is 1. The van der Waals surface area contributed by atoms with Crippen LogP contribution in [-0.4, -0.2) is 17.4 Å². The van der Waals surface area contributed by atoms with E-state index in [-0.39, 0.29) is 18.3 Å². The summed E-state index contributed by atoms with van der Waals surface area (Å²) in [5, 5.41) is 0. The average Bonchev–Trinajstić information content (AvgIpc) is 2.54. The number of benzene rings is 2. The van der Waals surface area contributed by atoms with Gasteiger partial charge in [-0.05, 0) is 30.0 Å². The van der Waals surface area contributed by atoms with E-state index in [2.05, 4.69) is 12.1 Å². The van der Waals surface area contributed by atoms with Crippen molar-refractivity contribution in [3.63, 3.8) is 0 Å². The maximum Gasteiger partial charge on any atom is 0.247 e. The van der Waals surface area contributed by atoms with Gasteiger partial charge >= 0.3 is 0 Å². The normalized spacial score (nSPS) is 16.2. The quantitative estimate of drug-likeness (QED) is 0.926. The van der Waals surface area contributed by atoms with E-state index in [0.29, 0.717) is 6.54 Å². The van der Waals surface area contributed by atoms with Crippen LogP contribution in [0.2, 0.25) is 0 Å². The van der Waals surface area contributed by atoms with Gasteiger partial charge in [0.2, 0.25) is 5.91 Å². The topological polar surface area (TPSA) is 46.3 Å². The van der Waals surface area contributed by atoms with E-state index in [1.807, 2.05) is 47.4 Å². The van der Waals surface area contributed by atoms with Crippen LogP contribution in [0.5, 0.6) is 0 Å². The number of nitrogens with zero attached hydrogens (tertiary/aromatic N) is 1. The zero-order chi connectivity index (χ0) is 14.9. The molecule has 3 nitrogen and oxygen atoms in total. The number of carbonyl (C=O) groups excluding carboxylic acids is 1. The molecule has 0 radical (unpaired) electrons. The predicted octanol–water partition coefficient (Wildman–Crippen LogP) is 2.87. The molecule has 0 bridgehead atoms. The number of fused-ring (bicyclic) bond motifs is 1.